The van der Waals surface area contributed by atoms with Gasteiger partial charge in [0.1, 0.15) is 6.10 Å². The van der Waals surface area contributed by atoms with Crippen molar-refractivity contribution >= 4 is 5.97 Å². The molecular weight excluding hydrogens is 318 g/mol. The summed E-state index contributed by atoms with van der Waals surface area (Å²) in [6.45, 7) is 7.18. The molecule has 3 aliphatic heterocycles. The zero-order valence-electron chi connectivity index (χ0n) is 14.7. The predicted octanol–water partition coefficient (Wildman–Crippen LogP) is 1.31. The first-order valence-electron chi connectivity index (χ1n) is 9.36. The number of carbonyl (C=O) groups is 1. The standard InChI is InChI=1S/C19H27N3O3/c23-18-19(13-17(25-18)15-22-9-11-24-12-10-22)3-7-21(8-4-19)14-16-1-5-20-6-2-16/h1-2,5-6,17H,3-4,7-15H2. The molecule has 6 nitrogen and oxygen atoms in total. The number of carbonyl (C=O) groups excluding carboxylic acids is 1. The Balaban J connectivity index is 1.30. The number of hydrogen-bond acceptors (Lipinski definition) is 6. The van der Waals surface area contributed by atoms with E-state index in [2.05, 4.69) is 26.9 Å². The summed E-state index contributed by atoms with van der Waals surface area (Å²) in [7, 11) is 0. The predicted molar refractivity (Wildman–Crippen MR) is 92.9 cm³/mol. The lowest BCUT2D eigenvalue weighted by Crippen LogP contribution is -2.43. The van der Waals surface area contributed by atoms with Crippen LogP contribution in [0.1, 0.15) is 24.8 Å². The van der Waals surface area contributed by atoms with Gasteiger partial charge in [0, 0.05) is 45.0 Å². The largest absolute Gasteiger partial charge is 0.461 e. The highest BCUT2D eigenvalue weighted by Gasteiger charge is 2.50. The van der Waals surface area contributed by atoms with Gasteiger partial charge in [0.25, 0.3) is 0 Å². The molecule has 0 aromatic carbocycles. The Labute approximate surface area is 149 Å². The van der Waals surface area contributed by atoms with Crippen LogP contribution < -0.4 is 0 Å². The van der Waals surface area contributed by atoms with Crippen LogP contribution in [0, 0.1) is 5.41 Å². The zero-order chi connectivity index (χ0) is 17.1. The van der Waals surface area contributed by atoms with E-state index >= 15 is 0 Å². The lowest BCUT2D eigenvalue weighted by atomic mass is 9.76. The number of nitrogens with zero attached hydrogens (tertiary/aromatic N) is 3. The second kappa shape index (κ2) is 7.40. The molecule has 3 aliphatic rings. The Bertz CT molecular complexity index is 581. The van der Waals surface area contributed by atoms with Crippen molar-refractivity contribution in [2.45, 2.75) is 31.9 Å². The lowest BCUT2D eigenvalue weighted by Gasteiger charge is -2.36. The van der Waals surface area contributed by atoms with Crippen LogP contribution in [0.25, 0.3) is 0 Å². The van der Waals surface area contributed by atoms with E-state index in [-0.39, 0.29) is 17.5 Å². The SMILES string of the molecule is O=C1OC(CN2CCOCC2)CC12CCN(Cc1ccncc1)CC2. The third-order valence-corrected chi connectivity index (χ3v) is 5.86. The number of aromatic nitrogens is 1. The van der Waals surface area contributed by atoms with E-state index in [4.69, 9.17) is 9.47 Å². The number of hydrogen-bond donors (Lipinski definition) is 0. The van der Waals surface area contributed by atoms with Crippen LogP contribution >= 0.6 is 0 Å². The Kier molecular flexibility index (Phi) is 5.01. The minimum atomic E-state index is -0.244. The van der Waals surface area contributed by atoms with Crippen LogP contribution in [0.3, 0.4) is 0 Å². The number of cyclic esters (lactones) is 1. The van der Waals surface area contributed by atoms with Gasteiger partial charge in [0.05, 0.1) is 18.6 Å². The van der Waals surface area contributed by atoms with Gasteiger partial charge in [-0.2, -0.15) is 0 Å². The van der Waals surface area contributed by atoms with E-state index in [1.807, 2.05) is 12.4 Å². The van der Waals surface area contributed by atoms with Crippen molar-refractivity contribution in [1.29, 1.82) is 0 Å². The summed E-state index contributed by atoms with van der Waals surface area (Å²) in [5.74, 6) is 0.0364. The van der Waals surface area contributed by atoms with Crippen molar-refractivity contribution in [3.05, 3.63) is 30.1 Å². The molecule has 0 bridgehead atoms. The summed E-state index contributed by atoms with van der Waals surface area (Å²) in [4.78, 5) is 21.4. The minimum absolute atomic E-state index is 0.0364. The highest BCUT2D eigenvalue weighted by Crippen LogP contribution is 2.43. The molecule has 0 radical (unpaired) electrons. The molecule has 25 heavy (non-hydrogen) atoms. The highest BCUT2D eigenvalue weighted by atomic mass is 16.6. The molecule has 4 heterocycles. The number of pyridine rings is 1. The van der Waals surface area contributed by atoms with Crippen LogP contribution in [0.4, 0.5) is 0 Å². The molecule has 136 valence electrons. The molecule has 1 aromatic heterocycles. The molecule has 1 aromatic rings. The third-order valence-electron chi connectivity index (χ3n) is 5.86. The van der Waals surface area contributed by atoms with E-state index in [0.717, 1.165) is 71.7 Å². The molecule has 0 N–H and O–H groups in total. The molecular formula is C19H27N3O3. The van der Waals surface area contributed by atoms with E-state index in [1.54, 1.807) is 0 Å². The topological polar surface area (TPSA) is 54.9 Å². The van der Waals surface area contributed by atoms with Gasteiger partial charge < -0.3 is 9.47 Å². The fourth-order valence-electron chi connectivity index (χ4n) is 4.30. The van der Waals surface area contributed by atoms with Crippen molar-refractivity contribution in [2.75, 3.05) is 45.9 Å². The second-order valence-electron chi connectivity index (χ2n) is 7.56. The smallest absolute Gasteiger partial charge is 0.312 e. The van der Waals surface area contributed by atoms with E-state index in [9.17, 15) is 4.79 Å². The number of morpholine rings is 1. The maximum atomic E-state index is 12.6. The summed E-state index contributed by atoms with van der Waals surface area (Å²) in [6.07, 6.45) is 6.44. The number of esters is 1. The fraction of sp³-hybridized carbons (Fsp3) is 0.684. The minimum Gasteiger partial charge on any atom is -0.461 e. The van der Waals surface area contributed by atoms with E-state index < -0.39 is 0 Å². The van der Waals surface area contributed by atoms with Gasteiger partial charge in [-0.25, -0.2) is 0 Å². The van der Waals surface area contributed by atoms with E-state index in [1.165, 1.54) is 5.56 Å². The van der Waals surface area contributed by atoms with Crippen molar-refractivity contribution in [2.24, 2.45) is 5.41 Å². The number of rotatable bonds is 4. The number of piperidine rings is 1. The van der Waals surface area contributed by atoms with Gasteiger partial charge >= 0.3 is 5.97 Å². The summed E-state index contributed by atoms with van der Waals surface area (Å²) >= 11 is 0. The first-order valence-corrected chi connectivity index (χ1v) is 9.36. The van der Waals surface area contributed by atoms with Gasteiger partial charge in [-0.1, -0.05) is 0 Å². The Morgan fingerprint density at radius 1 is 1.08 bits per heavy atom. The van der Waals surface area contributed by atoms with Crippen LogP contribution in [0.2, 0.25) is 0 Å². The molecule has 1 atom stereocenters. The average molecular weight is 345 g/mol. The van der Waals surface area contributed by atoms with Crippen molar-refractivity contribution in [3.8, 4) is 0 Å². The maximum Gasteiger partial charge on any atom is 0.312 e. The molecule has 1 unspecified atom stereocenters. The Hall–Kier alpha value is -1.50. The Morgan fingerprint density at radius 2 is 1.80 bits per heavy atom. The molecule has 1 spiro atoms. The fourth-order valence-corrected chi connectivity index (χ4v) is 4.30. The van der Waals surface area contributed by atoms with Gasteiger partial charge in [-0.15, -0.1) is 0 Å². The van der Waals surface area contributed by atoms with Crippen LogP contribution in [-0.4, -0.2) is 72.8 Å². The molecule has 6 heteroatoms. The molecule has 0 amide bonds. The average Bonchev–Trinajstić information content (AvgIpc) is 2.94. The Morgan fingerprint density at radius 3 is 2.52 bits per heavy atom. The molecule has 3 saturated heterocycles. The maximum absolute atomic E-state index is 12.6. The first kappa shape index (κ1) is 16.9. The summed E-state index contributed by atoms with van der Waals surface area (Å²) in [5, 5.41) is 0. The zero-order valence-corrected chi connectivity index (χ0v) is 14.7. The van der Waals surface area contributed by atoms with Crippen molar-refractivity contribution < 1.29 is 14.3 Å². The second-order valence-corrected chi connectivity index (χ2v) is 7.56. The van der Waals surface area contributed by atoms with Gasteiger partial charge in [-0.3, -0.25) is 19.6 Å². The highest BCUT2D eigenvalue weighted by molar-refractivity contribution is 5.79. The van der Waals surface area contributed by atoms with Gasteiger partial charge in [0.15, 0.2) is 0 Å². The monoisotopic (exact) mass is 345 g/mol. The quantitative estimate of drug-likeness (QED) is 0.767. The number of likely N-dealkylation sites (tertiary alicyclic amines) is 1. The molecule has 0 saturated carbocycles. The summed E-state index contributed by atoms with van der Waals surface area (Å²) in [6, 6.07) is 4.12. The summed E-state index contributed by atoms with van der Waals surface area (Å²) < 4.78 is 11.2. The van der Waals surface area contributed by atoms with Gasteiger partial charge in [0.2, 0.25) is 0 Å². The third kappa shape index (κ3) is 3.86. The van der Waals surface area contributed by atoms with Gasteiger partial charge in [-0.05, 0) is 43.6 Å². The molecule has 4 rings (SSSR count). The van der Waals surface area contributed by atoms with Crippen molar-refractivity contribution in [3.63, 3.8) is 0 Å². The lowest BCUT2D eigenvalue weighted by molar-refractivity contribution is -0.151. The van der Waals surface area contributed by atoms with Crippen molar-refractivity contribution in [1.82, 2.24) is 14.8 Å². The van der Waals surface area contributed by atoms with Crippen LogP contribution in [0.15, 0.2) is 24.5 Å². The normalized spacial score (nSPS) is 27.5. The van der Waals surface area contributed by atoms with Crippen LogP contribution in [0.5, 0.6) is 0 Å². The van der Waals surface area contributed by atoms with E-state index in [0.29, 0.717) is 0 Å². The molecule has 0 aliphatic carbocycles. The summed E-state index contributed by atoms with van der Waals surface area (Å²) in [5.41, 5.74) is 1.04. The molecule has 3 fully saturated rings. The first-order chi connectivity index (χ1) is 12.2. The van der Waals surface area contributed by atoms with Crippen LogP contribution in [-0.2, 0) is 20.8 Å². The number of ether oxygens (including phenoxy) is 2.